The lowest BCUT2D eigenvalue weighted by Gasteiger charge is -2.27. The quantitative estimate of drug-likeness (QED) is 0.598. The van der Waals surface area contributed by atoms with E-state index in [1.54, 1.807) is 24.4 Å². The Morgan fingerprint density at radius 2 is 1.91 bits per heavy atom. The van der Waals surface area contributed by atoms with Crippen molar-refractivity contribution in [2.75, 3.05) is 5.32 Å². The molecule has 0 aliphatic carbocycles. The zero-order chi connectivity index (χ0) is 22.9. The second kappa shape index (κ2) is 7.10. The molecule has 7 nitrogen and oxygen atoms in total. The number of hydrogen-bond donors (Lipinski definition) is 3. The summed E-state index contributed by atoms with van der Waals surface area (Å²) >= 11 is 6.30. The van der Waals surface area contributed by atoms with Crippen molar-refractivity contribution >= 4 is 35.0 Å². The summed E-state index contributed by atoms with van der Waals surface area (Å²) in [5.41, 5.74) is 1.08. The predicted molar refractivity (Wildman–Crippen MR) is 113 cm³/mol. The van der Waals surface area contributed by atoms with Gasteiger partial charge in [-0.25, -0.2) is 4.39 Å². The van der Waals surface area contributed by atoms with E-state index in [1.807, 2.05) is 6.92 Å². The van der Waals surface area contributed by atoms with Gasteiger partial charge in [0.1, 0.15) is 29.8 Å². The summed E-state index contributed by atoms with van der Waals surface area (Å²) in [6.45, 7) is 3.33. The van der Waals surface area contributed by atoms with Crippen molar-refractivity contribution in [3.63, 3.8) is 0 Å². The van der Waals surface area contributed by atoms with Gasteiger partial charge in [-0.05, 0) is 49.2 Å². The van der Waals surface area contributed by atoms with Gasteiger partial charge in [-0.1, -0.05) is 23.7 Å². The molecule has 2 saturated heterocycles. The van der Waals surface area contributed by atoms with Gasteiger partial charge < -0.3 is 15.7 Å². The number of likely N-dealkylation sites (tertiary alicyclic amines) is 1. The van der Waals surface area contributed by atoms with Crippen LogP contribution in [0.1, 0.15) is 23.6 Å². The van der Waals surface area contributed by atoms with Crippen molar-refractivity contribution in [2.24, 2.45) is 11.8 Å². The Balaban J connectivity index is 1.63. The summed E-state index contributed by atoms with van der Waals surface area (Å²) in [7, 11) is 0. The van der Waals surface area contributed by atoms with Crippen LogP contribution in [0.15, 0.2) is 36.4 Å². The maximum Gasteiger partial charge on any atom is 0.291 e. The molecule has 0 aromatic heterocycles. The average molecular weight is 459 g/mol. The Hall–Kier alpha value is -2.81. The van der Waals surface area contributed by atoms with Crippen molar-refractivity contribution in [3.8, 4) is 0 Å². The van der Waals surface area contributed by atoms with Gasteiger partial charge in [-0.3, -0.25) is 19.3 Å². The van der Waals surface area contributed by atoms with Gasteiger partial charge in [0.05, 0.1) is 12.2 Å². The number of aliphatic hydroxyl groups is 1. The van der Waals surface area contributed by atoms with Crippen LogP contribution < -0.4 is 10.6 Å². The van der Waals surface area contributed by atoms with Crippen LogP contribution >= 0.6 is 11.6 Å². The Morgan fingerprint density at radius 3 is 2.56 bits per heavy atom. The zero-order valence-corrected chi connectivity index (χ0v) is 18.2. The molecular weight excluding hydrogens is 437 g/mol. The van der Waals surface area contributed by atoms with E-state index in [1.165, 1.54) is 24.3 Å². The summed E-state index contributed by atoms with van der Waals surface area (Å²) in [5, 5.41) is 15.4. The van der Waals surface area contributed by atoms with E-state index in [4.69, 9.17) is 11.6 Å². The number of rotatable bonds is 3. The molecule has 2 aromatic carbocycles. The van der Waals surface area contributed by atoms with E-state index in [-0.39, 0.29) is 6.54 Å². The molecule has 166 valence electrons. The number of aliphatic hydroxyl groups excluding tert-OH is 1. The molecule has 32 heavy (non-hydrogen) atoms. The molecule has 0 unspecified atom stereocenters. The van der Waals surface area contributed by atoms with E-state index < -0.39 is 53.1 Å². The van der Waals surface area contributed by atoms with Crippen molar-refractivity contribution in [2.45, 2.75) is 38.1 Å². The Labute approximate surface area is 188 Å². The van der Waals surface area contributed by atoms with Crippen LogP contribution in [0.3, 0.4) is 0 Å². The SMILES string of the molecule is Cc1cc(Cl)cc2c1NC(=O)[C@]21[NH2+][C@@H]([C@@H](C)O)[C@H]2C(=O)N(Cc3ccc(F)cc3)C(=O)[C@H]21. The number of anilines is 1. The predicted octanol–water partition coefficient (Wildman–Crippen LogP) is 1.06. The third kappa shape index (κ3) is 2.76. The van der Waals surface area contributed by atoms with Gasteiger partial charge in [0.25, 0.3) is 5.91 Å². The highest BCUT2D eigenvalue weighted by atomic mass is 35.5. The Bertz CT molecular complexity index is 1170. The van der Waals surface area contributed by atoms with Crippen LogP contribution in [-0.4, -0.2) is 39.9 Å². The summed E-state index contributed by atoms with van der Waals surface area (Å²) < 4.78 is 13.3. The third-order valence-electron chi connectivity index (χ3n) is 6.97. The fourth-order valence-corrected chi connectivity index (χ4v) is 5.82. The van der Waals surface area contributed by atoms with Crippen molar-refractivity contribution in [3.05, 3.63) is 63.9 Å². The molecule has 3 aliphatic heterocycles. The lowest BCUT2D eigenvalue weighted by atomic mass is 9.76. The molecule has 3 amide bonds. The number of aryl methyl sites for hydroxylation is 1. The van der Waals surface area contributed by atoms with E-state index in [0.717, 1.165) is 10.5 Å². The molecule has 2 fully saturated rings. The van der Waals surface area contributed by atoms with Crippen molar-refractivity contribution < 1.29 is 29.2 Å². The van der Waals surface area contributed by atoms with Gasteiger partial charge in [-0.2, -0.15) is 0 Å². The Morgan fingerprint density at radius 1 is 1.22 bits per heavy atom. The van der Waals surface area contributed by atoms with E-state index in [0.29, 0.717) is 21.8 Å². The smallest absolute Gasteiger partial charge is 0.291 e. The molecule has 2 aromatic rings. The molecule has 0 radical (unpaired) electrons. The molecule has 5 atom stereocenters. The number of hydrogen-bond acceptors (Lipinski definition) is 4. The second-order valence-electron chi connectivity index (χ2n) is 8.85. The average Bonchev–Trinajstić information content (AvgIpc) is 3.32. The van der Waals surface area contributed by atoms with Gasteiger partial charge in [0, 0.05) is 10.6 Å². The normalized spacial score (nSPS) is 29.5. The van der Waals surface area contributed by atoms with E-state index in [9.17, 15) is 23.9 Å². The molecule has 4 N–H and O–H groups in total. The number of nitrogens with two attached hydrogens (primary N) is 1. The number of nitrogens with zero attached hydrogens (tertiary/aromatic N) is 1. The van der Waals surface area contributed by atoms with Crippen LogP contribution in [0.4, 0.5) is 10.1 Å². The van der Waals surface area contributed by atoms with Crippen LogP contribution in [0.5, 0.6) is 0 Å². The molecule has 3 heterocycles. The maximum absolute atomic E-state index is 13.6. The van der Waals surface area contributed by atoms with Gasteiger partial charge >= 0.3 is 0 Å². The minimum absolute atomic E-state index is 0.0311. The van der Waals surface area contributed by atoms with Crippen LogP contribution in [-0.2, 0) is 26.5 Å². The number of quaternary nitrogens is 1. The standard InChI is InChI=1S/C23H21ClFN3O4/c1-10-7-13(24)8-15-18(10)26-22(32)23(15)17-16(19(27-23)11(2)29)20(30)28(21(17)31)9-12-3-5-14(25)6-4-12/h3-8,11,16-17,19,27,29H,9H2,1-2H3,(H,26,32)/p+1/t11-,16+,17+,19+,23+/m1/s1. The number of amides is 3. The number of carbonyl (C=O) groups is 3. The first-order valence-corrected chi connectivity index (χ1v) is 10.8. The van der Waals surface area contributed by atoms with Gasteiger partial charge in [-0.15, -0.1) is 0 Å². The van der Waals surface area contributed by atoms with Crippen LogP contribution in [0.25, 0.3) is 0 Å². The first-order chi connectivity index (χ1) is 15.1. The molecule has 3 aliphatic rings. The van der Waals surface area contributed by atoms with E-state index >= 15 is 0 Å². The molecule has 0 bridgehead atoms. The number of benzene rings is 2. The lowest BCUT2D eigenvalue weighted by molar-refractivity contribution is -0.738. The van der Waals surface area contributed by atoms with Crippen LogP contribution in [0.2, 0.25) is 5.02 Å². The number of halogens is 2. The summed E-state index contributed by atoms with van der Waals surface area (Å²) in [6, 6.07) is 8.24. The summed E-state index contributed by atoms with van der Waals surface area (Å²) in [4.78, 5) is 41.6. The third-order valence-corrected chi connectivity index (χ3v) is 7.19. The highest BCUT2D eigenvalue weighted by Crippen LogP contribution is 2.51. The van der Waals surface area contributed by atoms with Gasteiger partial charge in [0.2, 0.25) is 17.4 Å². The lowest BCUT2D eigenvalue weighted by Crippen LogP contribution is -3.00. The maximum atomic E-state index is 13.6. The number of imide groups is 1. The molecule has 5 rings (SSSR count). The number of nitrogens with one attached hydrogen (secondary N) is 1. The number of carbonyl (C=O) groups excluding carboxylic acids is 3. The second-order valence-corrected chi connectivity index (χ2v) is 9.28. The molecular formula is C23H22ClFN3O4+. The summed E-state index contributed by atoms with van der Waals surface area (Å²) in [5.74, 6) is -3.61. The summed E-state index contributed by atoms with van der Waals surface area (Å²) in [6.07, 6.45) is -0.943. The molecule has 1 spiro atoms. The molecule has 0 saturated carbocycles. The van der Waals surface area contributed by atoms with Crippen LogP contribution in [0, 0.1) is 24.6 Å². The first kappa shape index (κ1) is 21.1. The fraction of sp³-hybridized carbons (Fsp3) is 0.348. The molecule has 9 heteroatoms. The first-order valence-electron chi connectivity index (χ1n) is 10.4. The van der Waals surface area contributed by atoms with Crippen molar-refractivity contribution in [1.82, 2.24) is 4.90 Å². The topological polar surface area (TPSA) is 103 Å². The van der Waals surface area contributed by atoms with Gasteiger partial charge in [0.15, 0.2) is 0 Å². The monoisotopic (exact) mass is 458 g/mol. The Kier molecular flexibility index (Phi) is 4.67. The minimum atomic E-state index is -1.40. The van der Waals surface area contributed by atoms with E-state index in [2.05, 4.69) is 5.32 Å². The largest absolute Gasteiger partial charge is 0.387 e. The fourth-order valence-electron chi connectivity index (χ4n) is 5.54. The zero-order valence-electron chi connectivity index (χ0n) is 17.4. The highest BCUT2D eigenvalue weighted by molar-refractivity contribution is 6.31. The number of fused-ring (bicyclic) bond motifs is 4. The highest BCUT2D eigenvalue weighted by Gasteiger charge is 2.75. The minimum Gasteiger partial charge on any atom is -0.387 e. The van der Waals surface area contributed by atoms with Crippen molar-refractivity contribution in [1.29, 1.82) is 0 Å².